The molecule has 0 aliphatic carbocycles. The third-order valence-electron chi connectivity index (χ3n) is 5.30. The summed E-state index contributed by atoms with van der Waals surface area (Å²) >= 11 is 6.00. The topological polar surface area (TPSA) is 128 Å². The van der Waals surface area contributed by atoms with Crippen LogP contribution in [-0.2, 0) is 20.9 Å². The Morgan fingerprint density at radius 2 is 2.03 bits per heavy atom. The molecule has 0 saturated carbocycles. The molecule has 0 bridgehead atoms. The van der Waals surface area contributed by atoms with Crippen molar-refractivity contribution in [2.75, 3.05) is 17.7 Å². The number of fused-ring (bicyclic) bond motifs is 1. The molecule has 1 unspecified atom stereocenters. The molecular weight excluding hydrogens is 450 g/mol. The van der Waals surface area contributed by atoms with E-state index in [1.165, 1.54) is 10.7 Å². The van der Waals surface area contributed by atoms with Crippen molar-refractivity contribution in [1.82, 2.24) is 9.78 Å². The van der Waals surface area contributed by atoms with Crippen molar-refractivity contribution in [1.29, 1.82) is 0 Å². The van der Waals surface area contributed by atoms with Gasteiger partial charge in [-0.2, -0.15) is 5.10 Å². The van der Waals surface area contributed by atoms with Crippen molar-refractivity contribution in [3.05, 3.63) is 68.9 Å². The number of halogens is 1. The van der Waals surface area contributed by atoms with Crippen LogP contribution in [0.25, 0.3) is 11.1 Å². The van der Waals surface area contributed by atoms with Gasteiger partial charge in [-0.05, 0) is 30.7 Å². The maximum atomic E-state index is 12.7. The third-order valence-corrected chi connectivity index (χ3v) is 5.56. The Kier molecular flexibility index (Phi) is 6.12. The maximum absolute atomic E-state index is 12.7. The van der Waals surface area contributed by atoms with Crippen molar-refractivity contribution < 1.29 is 19.2 Å². The predicted octanol–water partition coefficient (Wildman–Crippen LogP) is 4.09. The van der Waals surface area contributed by atoms with Gasteiger partial charge in [0.2, 0.25) is 5.91 Å². The summed E-state index contributed by atoms with van der Waals surface area (Å²) in [6, 6.07) is 10.6. The van der Waals surface area contributed by atoms with Gasteiger partial charge in [-0.15, -0.1) is 0 Å². The molecule has 0 radical (unpaired) electrons. The van der Waals surface area contributed by atoms with E-state index in [4.69, 9.17) is 16.3 Å². The Labute approximate surface area is 193 Å². The molecule has 1 atom stereocenters. The summed E-state index contributed by atoms with van der Waals surface area (Å²) in [7, 11) is 1.54. The number of methoxy groups -OCH3 is 1. The average molecular weight is 470 g/mol. The number of nitro benzene ring substituents is 1. The molecule has 10 nitrogen and oxygen atoms in total. The van der Waals surface area contributed by atoms with Crippen LogP contribution in [0.4, 0.5) is 17.2 Å². The van der Waals surface area contributed by atoms with Crippen LogP contribution >= 0.6 is 11.6 Å². The number of nitro groups is 1. The lowest BCUT2D eigenvalue weighted by Crippen LogP contribution is -2.24. The van der Waals surface area contributed by atoms with Gasteiger partial charge in [0, 0.05) is 35.0 Å². The van der Waals surface area contributed by atoms with Crippen LogP contribution in [0.15, 0.2) is 42.5 Å². The van der Waals surface area contributed by atoms with Crippen LogP contribution in [-0.4, -0.2) is 33.6 Å². The zero-order chi connectivity index (χ0) is 23.7. The van der Waals surface area contributed by atoms with E-state index in [0.717, 1.165) is 5.56 Å². The maximum Gasteiger partial charge on any atom is 0.274 e. The summed E-state index contributed by atoms with van der Waals surface area (Å²) < 4.78 is 6.75. The number of ether oxygens (including phenoxy) is 1. The second kappa shape index (κ2) is 9.00. The quantitative estimate of drug-likeness (QED) is 0.396. The molecule has 0 saturated heterocycles. The molecule has 2 heterocycles. The number of carbonyl (C=O) groups is 2. The number of amides is 2. The van der Waals surface area contributed by atoms with Crippen molar-refractivity contribution >= 4 is 40.6 Å². The number of carbonyl (C=O) groups excluding carboxylic acids is 2. The molecule has 0 spiro atoms. The summed E-state index contributed by atoms with van der Waals surface area (Å²) in [6.45, 7) is 1.82. The van der Waals surface area contributed by atoms with E-state index in [1.54, 1.807) is 38.3 Å². The molecule has 4 rings (SSSR count). The zero-order valence-electron chi connectivity index (χ0n) is 17.8. The van der Waals surface area contributed by atoms with Crippen LogP contribution in [0, 0.1) is 17.0 Å². The van der Waals surface area contributed by atoms with Crippen LogP contribution < -0.4 is 10.6 Å². The standard InChI is InChI=1S/C22H20ClN5O5/c1-12-3-8-15(9-17(12)28(31)32)24-19(29)10-18-22(30)25-21-20(13-4-6-14(23)7-5-13)16(11-33-2)26-27(18)21/h3-9,18H,10-11H2,1-2H3,(H,24,29)(H,25,30). The van der Waals surface area contributed by atoms with Gasteiger partial charge >= 0.3 is 0 Å². The minimum Gasteiger partial charge on any atom is -0.378 e. The number of benzene rings is 2. The van der Waals surface area contributed by atoms with Crippen molar-refractivity contribution in [2.24, 2.45) is 0 Å². The lowest BCUT2D eigenvalue weighted by atomic mass is 10.1. The van der Waals surface area contributed by atoms with Crippen molar-refractivity contribution in [2.45, 2.75) is 26.0 Å². The minimum absolute atomic E-state index is 0.0995. The number of nitrogens with zero attached hydrogens (tertiary/aromatic N) is 3. The first-order valence-electron chi connectivity index (χ1n) is 10.0. The van der Waals surface area contributed by atoms with Gasteiger partial charge in [-0.25, -0.2) is 4.68 Å². The summed E-state index contributed by atoms with van der Waals surface area (Å²) in [6.07, 6.45) is -0.200. The highest BCUT2D eigenvalue weighted by Crippen LogP contribution is 2.39. The lowest BCUT2D eigenvalue weighted by molar-refractivity contribution is -0.385. The highest BCUT2D eigenvalue weighted by atomic mass is 35.5. The van der Waals surface area contributed by atoms with Crippen molar-refractivity contribution in [3.63, 3.8) is 0 Å². The van der Waals surface area contributed by atoms with Gasteiger partial charge in [0.25, 0.3) is 11.6 Å². The zero-order valence-corrected chi connectivity index (χ0v) is 18.5. The number of hydrogen-bond donors (Lipinski definition) is 2. The van der Waals surface area contributed by atoms with Gasteiger partial charge in [-0.3, -0.25) is 19.7 Å². The van der Waals surface area contributed by atoms with E-state index in [0.29, 0.717) is 27.7 Å². The van der Waals surface area contributed by atoms with E-state index in [2.05, 4.69) is 15.7 Å². The fraction of sp³-hybridized carbons (Fsp3) is 0.227. The summed E-state index contributed by atoms with van der Waals surface area (Å²) in [5.41, 5.74) is 2.75. The third kappa shape index (κ3) is 4.43. The first kappa shape index (κ1) is 22.4. The Hall–Kier alpha value is -3.76. The smallest absolute Gasteiger partial charge is 0.274 e. The number of hydrogen-bond acceptors (Lipinski definition) is 6. The SMILES string of the molecule is COCc1nn2c(c1-c1ccc(Cl)cc1)NC(=O)C2CC(=O)Nc1ccc(C)c([N+](=O)[O-])c1. The second-order valence-electron chi connectivity index (χ2n) is 7.57. The first-order valence-corrected chi connectivity index (χ1v) is 10.4. The summed E-state index contributed by atoms with van der Waals surface area (Å²) in [5.74, 6) is -0.377. The number of aromatic nitrogens is 2. The molecule has 170 valence electrons. The number of rotatable bonds is 7. The molecule has 2 amide bonds. The summed E-state index contributed by atoms with van der Waals surface area (Å²) in [5, 5.41) is 21.7. The van der Waals surface area contributed by atoms with E-state index < -0.39 is 16.9 Å². The molecule has 3 aromatic rings. The van der Waals surface area contributed by atoms with Crippen LogP contribution in [0.5, 0.6) is 0 Å². The molecule has 11 heteroatoms. The molecule has 1 aromatic heterocycles. The predicted molar refractivity (Wildman–Crippen MR) is 122 cm³/mol. The highest BCUT2D eigenvalue weighted by Gasteiger charge is 2.37. The van der Waals surface area contributed by atoms with Crippen LogP contribution in [0.2, 0.25) is 5.02 Å². The Balaban J connectivity index is 1.60. The van der Waals surface area contributed by atoms with Gasteiger partial charge in [0.15, 0.2) is 0 Å². The molecule has 1 aliphatic heterocycles. The Bertz CT molecular complexity index is 1250. The molecule has 2 aromatic carbocycles. The normalized spacial score (nSPS) is 14.6. The summed E-state index contributed by atoms with van der Waals surface area (Å²) in [4.78, 5) is 36.0. The molecule has 0 fully saturated rings. The van der Waals surface area contributed by atoms with Gasteiger partial charge < -0.3 is 15.4 Å². The second-order valence-corrected chi connectivity index (χ2v) is 8.01. The number of aryl methyl sites for hydroxylation is 1. The van der Waals surface area contributed by atoms with Crippen LogP contribution in [0.1, 0.15) is 23.7 Å². The largest absolute Gasteiger partial charge is 0.378 e. The molecule has 2 N–H and O–H groups in total. The van der Waals surface area contributed by atoms with E-state index in [9.17, 15) is 19.7 Å². The molecular formula is C22H20ClN5O5. The molecule has 1 aliphatic rings. The number of anilines is 2. The monoisotopic (exact) mass is 469 g/mol. The highest BCUT2D eigenvalue weighted by molar-refractivity contribution is 6.30. The van der Waals surface area contributed by atoms with E-state index in [-0.39, 0.29) is 30.3 Å². The average Bonchev–Trinajstić information content (AvgIpc) is 3.25. The fourth-order valence-corrected chi connectivity index (χ4v) is 3.87. The minimum atomic E-state index is -0.878. The van der Waals surface area contributed by atoms with Gasteiger partial charge in [-0.1, -0.05) is 29.8 Å². The Morgan fingerprint density at radius 1 is 1.30 bits per heavy atom. The van der Waals surface area contributed by atoms with Crippen molar-refractivity contribution in [3.8, 4) is 11.1 Å². The number of nitrogens with one attached hydrogen (secondary N) is 2. The van der Waals surface area contributed by atoms with Gasteiger partial charge in [0.05, 0.1) is 23.6 Å². The van der Waals surface area contributed by atoms with Crippen LogP contribution in [0.3, 0.4) is 0 Å². The lowest BCUT2D eigenvalue weighted by Gasteiger charge is -2.10. The van der Waals surface area contributed by atoms with E-state index >= 15 is 0 Å². The Morgan fingerprint density at radius 3 is 2.70 bits per heavy atom. The fourth-order valence-electron chi connectivity index (χ4n) is 3.75. The molecule has 33 heavy (non-hydrogen) atoms. The van der Waals surface area contributed by atoms with Gasteiger partial charge in [0.1, 0.15) is 11.9 Å². The van der Waals surface area contributed by atoms with E-state index in [1.807, 2.05) is 12.1 Å². The first-order chi connectivity index (χ1) is 15.8.